The molecule has 3 heterocycles. The highest BCUT2D eigenvalue weighted by atomic mass is 19.4. The highest BCUT2D eigenvalue weighted by Gasteiger charge is 2.30. The number of aromatic nitrogens is 3. The molecule has 2 aromatic heterocycles. The van der Waals surface area contributed by atoms with Gasteiger partial charge in [0.05, 0.1) is 11.2 Å². The van der Waals surface area contributed by atoms with Crippen molar-refractivity contribution in [2.75, 3.05) is 28.6 Å². The fourth-order valence-electron chi connectivity index (χ4n) is 4.08. The summed E-state index contributed by atoms with van der Waals surface area (Å²) in [4.78, 5) is 26.7. The molecule has 38 heavy (non-hydrogen) atoms. The van der Waals surface area contributed by atoms with Gasteiger partial charge in [-0.15, -0.1) is 0 Å². The van der Waals surface area contributed by atoms with Crippen molar-refractivity contribution in [3.05, 3.63) is 72.0 Å². The number of nitrogens with one attached hydrogen (secondary N) is 2. The van der Waals surface area contributed by atoms with Crippen LogP contribution in [0.2, 0.25) is 0 Å². The second-order valence-electron chi connectivity index (χ2n) is 8.75. The average molecular weight is 526 g/mol. The SMILES string of the molecule is O=C1C(O)CCN1c1ccc(-c2ccc3nc(NCc4ccc(F)cc4)nc(NCC(F)(F)F)c3n2)cc1. The lowest BCUT2D eigenvalue weighted by Crippen LogP contribution is -2.28. The van der Waals surface area contributed by atoms with Crippen LogP contribution in [0, 0.1) is 5.82 Å². The minimum absolute atomic E-state index is 0.0860. The molecule has 0 radical (unpaired) electrons. The van der Waals surface area contributed by atoms with Crippen LogP contribution in [0.25, 0.3) is 22.3 Å². The topological polar surface area (TPSA) is 103 Å². The summed E-state index contributed by atoms with van der Waals surface area (Å²) < 4.78 is 52.1. The number of hydrogen-bond acceptors (Lipinski definition) is 7. The van der Waals surface area contributed by atoms with E-state index in [-0.39, 0.29) is 35.6 Å². The summed E-state index contributed by atoms with van der Waals surface area (Å²) in [6.07, 6.45) is -5.12. The number of nitrogens with zero attached hydrogens (tertiary/aromatic N) is 4. The van der Waals surface area contributed by atoms with E-state index in [4.69, 9.17) is 0 Å². The van der Waals surface area contributed by atoms with Crippen molar-refractivity contribution < 1.29 is 27.5 Å². The lowest BCUT2D eigenvalue weighted by Gasteiger charge is -2.16. The number of alkyl halides is 3. The first-order valence-electron chi connectivity index (χ1n) is 11.7. The zero-order valence-corrected chi connectivity index (χ0v) is 19.8. The largest absolute Gasteiger partial charge is 0.405 e. The van der Waals surface area contributed by atoms with E-state index < -0.39 is 18.8 Å². The Labute approximate surface area is 214 Å². The lowest BCUT2D eigenvalue weighted by atomic mass is 10.1. The van der Waals surface area contributed by atoms with Gasteiger partial charge in [0.15, 0.2) is 5.82 Å². The molecule has 0 aliphatic carbocycles. The van der Waals surface area contributed by atoms with Crippen molar-refractivity contribution >= 4 is 34.4 Å². The van der Waals surface area contributed by atoms with Crippen LogP contribution in [0.1, 0.15) is 12.0 Å². The van der Waals surface area contributed by atoms with E-state index >= 15 is 0 Å². The highest BCUT2D eigenvalue weighted by Crippen LogP contribution is 2.29. The number of amides is 1. The van der Waals surface area contributed by atoms with Gasteiger partial charge in [0, 0.05) is 30.8 Å². The first-order valence-corrected chi connectivity index (χ1v) is 11.7. The van der Waals surface area contributed by atoms with E-state index in [2.05, 4.69) is 25.6 Å². The van der Waals surface area contributed by atoms with E-state index in [1.165, 1.54) is 17.0 Å². The van der Waals surface area contributed by atoms with Gasteiger partial charge < -0.3 is 20.6 Å². The third-order valence-electron chi connectivity index (χ3n) is 6.01. The third-order valence-corrected chi connectivity index (χ3v) is 6.01. The third kappa shape index (κ3) is 5.65. The van der Waals surface area contributed by atoms with Crippen LogP contribution >= 0.6 is 0 Å². The van der Waals surface area contributed by atoms with Crippen LogP contribution in [0.15, 0.2) is 60.7 Å². The number of halogens is 4. The normalized spacial score (nSPS) is 15.8. The molecule has 8 nitrogen and oxygen atoms in total. The van der Waals surface area contributed by atoms with Gasteiger partial charge in [0.1, 0.15) is 24.0 Å². The fraction of sp³-hybridized carbons (Fsp3) is 0.231. The molecule has 2 aromatic carbocycles. The molecule has 3 N–H and O–H groups in total. The van der Waals surface area contributed by atoms with Crippen LogP contribution in [0.3, 0.4) is 0 Å². The maximum Gasteiger partial charge on any atom is 0.405 e. The molecular weight excluding hydrogens is 504 g/mol. The maximum atomic E-state index is 13.2. The van der Waals surface area contributed by atoms with Gasteiger partial charge in [-0.25, -0.2) is 14.4 Å². The van der Waals surface area contributed by atoms with Crippen LogP contribution < -0.4 is 15.5 Å². The van der Waals surface area contributed by atoms with E-state index in [0.29, 0.717) is 35.4 Å². The van der Waals surface area contributed by atoms with Gasteiger partial charge in [-0.05, 0) is 42.0 Å². The van der Waals surface area contributed by atoms with Gasteiger partial charge in [0.25, 0.3) is 5.91 Å². The standard InChI is InChI=1S/C26H22F4N6O2/c27-17-5-1-15(2-6-17)13-31-25-34-20-10-9-19(33-22(20)23(35-25)32-14-26(28,29)30)16-3-7-18(8-4-16)36-12-11-21(37)24(36)38/h1-10,21,37H,11-14H2,(H2,31,32,34,35). The number of fused-ring (bicyclic) bond motifs is 1. The lowest BCUT2D eigenvalue weighted by molar-refractivity contribution is -0.124. The van der Waals surface area contributed by atoms with E-state index in [0.717, 1.165) is 5.56 Å². The van der Waals surface area contributed by atoms with Crippen LogP contribution in [-0.4, -0.2) is 51.3 Å². The first kappa shape index (κ1) is 25.3. The van der Waals surface area contributed by atoms with Crippen LogP contribution in [-0.2, 0) is 11.3 Å². The van der Waals surface area contributed by atoms with Gasteiger partial charge in [-0.1, -0.05) is 24.3 Å². The minimum Gasteiger partial charge on any atom is -0.383 e. The monoisotopic (exact) mass is 526 g/mol. The number of rotatable bonds is 7. The smallest absolute Gasteiger partial charge is 0.383 e. The van der Waals surface area contributed by atoms with Crippen molar-refractivity contribution in [3.63, 3.8) is 0 Å². The zero-order chi connectivity index (χ0) is 26.9. The Hall–Kier alpha value is -4.32. The quantitative estimate of drug-likeness (QED) is 0.305. The van der Waals surface area contributed by atoms with E-state index in [1.54, 1.807) is 48.5 Å². The molecule has 1 fully saturated rings. The predicted octanol–water partition coefficient (Wildman–Crippen LogP) is 4.51. The summed E-state index contributed by atoms with van der Waals surface area (Å²) in [5, 5.41) is 15.0. The maximum absolute atomic E-state index is 13.2. The molecule has 4 aromatic rings. The Morgan fingerprint density at radius 2 is 1.68 bits per heavy atom. The van der Waals surface area contributed by atoms with Crippen LogP contribution in [0.5, 0.6) is 0 Å². The second-order valence-corrected chi connectivity index (χ2v) is 8.75. The van der Waals surface area contributed by atoms with E-state index in [9.17, 15) is 27.5 Å². The Balaban J connectivity index is 1.43. The molecule has 0 saturated carbocycles. The molecule has 12 heteroatoms. The van der Waals surface area contributed by atoms with Crippen molar-refractivity contribution in [2.24, 2.45) is 0 Å². The molecule has 5 rings (SSSR count). The number of carbonyl (C=O) groups is 1. The molecule has 1 aliphatic heterocycles. The van der Waals surface area contributed by atoms with Gasteiger partial charge in [0.2, 0.25) is 5.95 Å². The predicted molar refractivity (Wildman–Crippen MR) is 134 cm³/mol. The summed E-state index contributed by atoms with van der Waals surface area (Å²) in [5.41, 5.74) is 2.99. The highest BCUT2D eigenvalue weighted by molar-refractivity contribution is 5.98. The molecule has 1 unspecified atom stereocenters. The Bertz CT molecular complexity index is 1460. The molecule has 1 saturated heterocycles. The molecule has 1 atom stereocenters. The summed E-state index contributed by atoms with van der Waals surface area (Å²) >= 11 is 0. The van der Waals surface area contributed by atoms with E-state index in [1.807, 2.05) is 0 Å². The van der Waals surface area contributed by atoms with Crippen molar-refractivity contribution in [3.8, 4) is 11.3 Å². The number of aliphatic hydroxyl groups is 1. The zero-order valence-electron chi connectivity index (χ0n) is 19.8. The number of aliphatic hydroxyl groups excluding tert-OH is 1. The molecule has 0 bridgehead atoms. The van der Waals surface area contributed by atoms with Gasteiger partial charge >= 0.3 is 6.18 Å². The summed E-state index contributed by atoms with van der Waals surface area (Å²) in [6, 6.07) is 16.0. The summed E-state index contributed by atoms with van der Waals surface area (Å²) in [7, 11) is 0. The minimum atomic E-state index is -4.48. The van der Waals surface area contributed by atoms with Crippen molar-refractivity contribution in [1.29, 1.82) is 0 Å². The van der Waals surface area contributed by atoms with Crippen LogP contribution in [0.4, 0.5) is 35.0 Å². The second kappa shape index (κ2) is 10.2. The number of anilines is 3. The number of hydrogen-bond donors (Lipinski definition) is 3. The number of pyridine rings is 1. The van der Waals surface area contributed by atoms with Crippen molar-refractivity contribution in [2.45, 2.75) is 25.2 Å². The van der Waals surface area contributed by atoms with Gasteiger partial charge in [-0.3, -0.25) is 4.79 Å². The Kier molecular flexibility index (Phi) is 6.81. The Morgan fingerprint density at radius 3 is 2.34 bits per heavy atom. The van der Waals surface area contributed by atoms with Gasteiger partial charge in [-0.2, -0.15) is 18.2 Å². The fourth-order valence-corrected chi connectivity index (χ4v) is 4.08. The molecule has 1 amide bonds. The first-order chi connectivity index (χ1) is 18.2. The average Bonchev–Trinajstić information content (AvgIpc) is 3.24. The Morgan fingerprint density at radius 1 is 0.947 bits per heavy atom. The molecule has 0 spiro atoms. The molecular formula is C26H22F4N6O2. The van der Waals surface area contributed by atoms with Crippen molar-refractivity contribution in [1.82, 2.24) is 15.0 Å². The molecule has 1 aliphatic rings. The number of benzene rings is 2. The molecule has 196 valence electrons. The summed E-state index contributed by atoms with van der Waals surface area (Å²) in [5.74, 6) is -0.746. The summed E-state index contributed by atoms with van der Waals surface area (Å²) in [6.45, 7) is -0.664. The number of carbonyl (C=O) groups excluding carboxylic acids is 1.